The maximum atomic E-state index is 12.6. The van der Waals surface area contributed by atoms with Crippen LogP contribution in [0.4, 0.5) is 0 Å². The van der Waals surface area contributed by atoms with Gasteiger partial charge in [-0.25, -0.2) is 0 Å². The van der Waals surface area contributed by atoms with E-state index in [-0.39, 0.29) is 11.8 Å². The van der Waals surface area contributed by atoms with Crippen LogP contribution in [0.5, 0.6) is 11.5 Å². The number of carbonyl (C=O) groups excluding carboxylic acids is 2. The van der Waals surface area contributed by atoms with Gasteiger partial charge in [0.2, 0.25) is 0 Å². The zero-order valence-electron chi connectivity index (χ0n) is 16.2. The Balaban J connectivity index is 1.54. The van der Waals surface area contributed by atoms with Crippen molar-refractivity contribution in [2.45, 2.75) is 13.8 Å². The van der Waals surface area contributed by atoms with E-state index < -0.39 is 0 Å². The molecular formula is C22H21N3O4. The van der Waals surface area contributed by atoms with Gasteiger partial charge in [-0.2, -0.15) is 0 Å². The molecule has 1 aliphatic rings. The molecular weight excluding hydrogens is 370 g/mol. The molecule has 7 heteroatoms. The Morgan fingerprint density at radius 1 is 0.862 bits per heavy atom. The Morgan fingerprint density at radius 2 is 1.55 bits per heavy atom. The van der Waals surface area contributed by atoms with Gasteiger partial charge < -0.3 is 14.0 Å². The maximum Gasteiger partial charge on any atom is 0.271 e. The second-order valence-electron chi connectivity index (χ2n) is 6.72. The molecule has 0 unspecified atom stereocenters. The molecule has 0 aliphatic carbocycles. The van der Waals surface area contributed by atoms with Crippen molar-refractivity contribution in [2.75, 3.05) is 13.2 Å². The van der Waals surface area contributed by atoms with Gasteiger partial charge in [-0.05, 0) is 44.2 Å². The van der Waals surface area contributed by atoms with Gasteiger partial charge in [-0.3, -0.25) is 20.4 Å². The third-order valence-electron chi connectivity index (χ3n) is 4.79. The molecule has 3 aromatic rings. The summed E-state index contributed by atoms with van der Waals surface area (Å²) in [6.07, 6.45) is 0. The fraction of sp³-hybridized carbons (Fsp3) is 0.182. The SMILES string of the molecule is Cc1cc(C(=O)NNC(=O)c2ccccc2)c(C)n1-c1ccc2c(c1)OCCO2. The predicted octanol–water partition coefficient (Wildman–Crippen LogP) is 2.94. The van der Waals surface area contributed by atoms with Crippen LogP contribution in [-0.2, 0) is 0 Å². The molecule has 4 rings (SSSR count). The quantitative estimate of drug-likeness (QED) is 0.673. The number of nitrogens with one attached hydrogen (secondary N) is 2. The van der Waals surface area contributed by atoms with Gasteiger partial charge in [0.1, 0.15) is 13.2 Å². The largest absolute Gasteiger partial charge is 0.486 e. The van der Waals surface area contributed by atoms with Crippen molar-refractivity contribution in [2.24, 2.45) is 0 Å². The van der Waals surface area contributed by atoms with Crippen LogP contribution in [0.3, 0.4) is 0 Å². The molecule has 0 saturated carbocycles. The number of nitrogens with zero attached hydrogens (tertiary/aromatic N) is 1. The van der Waals surface area contributed by atoms with E-state index in [2.05, 4.69) is 10.9 Å². The summed E-state index contributed by atoms with van der Waals surface area (Å²) in [6.45, 7) is 4.82. The highest BCUT2D eigenvalue weighted by molar-refractivity contribution is 5.99. The lowest BCUT2D eigenvalue weighted by molar-refractivity contribution is 0.0846. The number of aromatic nitrogens is 1. The average Bonchev–Trinajstić information content (AvgIpc) is 3.06. The van der Waals surface area contributed by atoms with Gasteiger partial charge in [0.05, 0.1) is 5.56 Å². The lowest BCUT2D eigenvalue weighted by Gasteiger charge is -2.20. The molecule has 7 nitrogen and oxygen atoms in total. The smallest absolute Gasteiger partial charge is 0.271 e. The van der Waals surface area contributed by atoms with E-state index in [1.54, 1.807) is 30.3 Å². The number of fused-ring (bicyclic) bond motifs is 1. The number of hydrazine groups is 1. The van der Waals surface area contributed by atoms with E-state index in [4.69, 9.17) is 9.47 Å². The van der Waals surface area contributed by atoms with Gasteiger partial charge in [0, 0.05) is 28.7 Å². The summed E-state index contributed by atoms with van der Waals surface area (Å²) in [7, 11) is 0. The molecule has 1 aromatic heterocycles. The van der Waals surface area contributed by atoms with E-state index in [0.717, 1.165) is 17.1 Å². The average molecular weight is 391 g/mol. The zero-order chi connectivity index (χ0) is 20.4. The van der Waals surface area contributed by atoms with E-state index in [9.17, 15) is 9.59 Å². The highest BCUT2D eigenvalue weighted by Gasteiger charge is 2.19. The number of ether oxygens (including phenoxy) is 2. The molecule has 1 aliphatic heterocycles. The van der Waals surface area contributed by atoms with Crippen molar-refractivity contribution in [3.63, 3.8) is 0 Å². The normalized spacial score (nSPS) is 12.3. The summed E-state index contributed by atoms with van der Waals surface area (Å²) in [5, 5.41) is 0. The fourth-order valence-corrected chi connectivity index (χ4v) is 3.40. The number of amides is 2. The van der Waals surface area contributed by atoms with E-state index in [1.165, 1.54) is 0 Å². The molecule has 29 heavy (non-hydrogen) atoms. The molecule has 0 bridgehead atoms. The van der Waals surface area contributed by atoms with Crippen LogP contribution in [0, 0.1) is 13.8 Å². The van der Waals surface area contributed by atoms with Crippen LogP contribution in [0.25, 0.3) is 5.69 Å². The first kappa shape index (κ1) is 18.6. The lowest BCUT2D eigenvalue weighted by atomic mass is 10.2. The summed E-state index contributed by atoms with van der Waals surface area (Å²) < 4.78 is 13.2. The molecule has 0 spiro atoms. The van der Waals surface area contributed by atoms with Gasteiger partial charge in [-0.15, -0.1) is 0 Å². The molecule has 0 saturated heterocycles. The number of hydrogen-bond acceptors (Lipinski definition) is 4. The number of aryl methyl sites for hydroxylation is 1. The predicted molar refractivity (Wildman–Crippen MR) is 108 cm³/mol. The highest BCUT2D eigenvalue weighted by atomic mass is 16.6. The number of carbonyl (C=O) groups is 2. The van der Waals surface area contributed by atoms with Crippen LogP contribution < -0.4 is 20.3 Å². The summed E-state index contributed by atoms with van der Waals surface area (Å²) in [6, 6.07) is 16.2. The fourth-order valence-electron chi connectivity index (χ4n) is 3.40. The molecule has 2 amide bonds. The minimum absolute atomic E-state index is 0.375. The third-order valence-corrected chi connectivity index (χ3v) is 4.79. The summed E-state index contributed by atoms with van der Waals surface area (Å²) in [4.78, 5) is 24.8. The Labute approximate surface area is 168 Å². The van der Waals surface area contributed by atoms with Crippen LogP contribution in [0.15, 0.2) is 54.6 Å². The molecule has 0 radical (unpaired) electrons. The van der Waals surface area contributed by atoms with Crippen LogP contribution in [0.2, 0.25) is 0 Å². The second kappa shape index (κ2) is 7.71. The van der Waals surface area contributed by atoms with Crippen molar-refractivity contribution < 1.29 is 19.1 Å². The van der Waals surface area contributed by atoms with Crippen LogP contribution >= 0.6 is 0 Å². The van der Waals surface area contributed by atoms with E-state index in [0.29, 0.717) is 35.8 Å². The number of benzene rings is 2. The molecule has 2 N–H and O–H groups in total. The minimum atomic E-state index is -0.383. The van der Waals surface area contributed by atoms with Gasteiger partial charge in [0.25, 0.3) is 11.8 Å². The second-order valence-corrected chi connectivity index (χ2v) is 6.72. The molecule has 148 valence electrons. The first-order chi connectivity index (χ1) is 14.0. The Kier molecular flexibility index (Phi) is 4.95. The van der Waals surface area contributed by atoms with Crippen molar-refractivity contribution in [1.82, 2.24) is 15.4 Å². The Hall–Kier alpha value is -3.74. The maximum absolute atomic E-state index is 12.6. The van der Waals surface area contributed by atoms with Crippen LogP contribution in [0.1, 0.15) is 32.1 Å². The van der Waals surface area contributed by atoms with Gasteiger partial charge >= 0.3 is 0 Å². The van der Waals surface area contributed by atoms with Crippen molar-refractivity contribution >= 4 is 11.8 Å². The minimum Gasteiger partial charge on any atom is -0.486 e. The van der Waals surface area contributed by atoms with Crippen molar-refractivity contribution in [3.8, 4) is 17.2 Å². The summed E-state index contributed by atoms with van der Waals surface area (Å²) in [5.74, 6) is 0.636. The Morgan fingerprint density at radius 3 is 2.31 bits per heavy atom. The summed E-state index contributed by atoms with van der Waals surface area (Å²) in [5.41, 5.74) is 8.39. The summed E-state index contributed by atoms with van der Waals surface area (Å²) >= 11 is 0. The number of hydrogen-bond donors (Lipinski definition) is 2. The molecule has 2 aromatic carbocycles. The van der Waals surface area contributed by atoms with Gasteiger partial charge in [-0.1, -0.05) is 18.2 Å². The Bertz CT molecular complexity index is 1070. The first-order valence-corrected chi connectivity index (χ1v) is 9.29. The monoisotopic (exact) mass is 391 g/mol. The van der Waals surface area contributed by atoms with E-state index in [1.807, 2.05) is 42.7 Å². The first-order valence-electron chi connectivity index (χ1n) is 9.29. The number of rotatable bonds is 3. The standard InChI is InChI=1S/C22H21N3O4/c1-14-12-18(22(27)24-23-21(26)16-6-4-3-5-7-16)15(2)25(14)17-8-9-19-20(13-17)29-11-10-28-19/h3-9,12-13H,10-11H2,1-2H3,(H,23,26)(H,24,27). The lowest BCUT2D eigenvalue weighted by Crippen LogP contribution is -2.41. The highest BCUT2D eigenvalue weighted by Crippen LogP contribution is 2.33. The van der Waals surface area contributed by atoms with E-state index >= 15 is 0 Å². The third kappa shape index (κ3) is 3.67. The topological polar surface area (TPSA) is 81.6 Å². The molecule has 0 atom stereocenters. The van der Waals surface area contributed by atoms with Crippen molar-refractivity contribution in [3.05, 3.63) is 77.1 Å². The molecule has 2 heterocycles. The van der Waals surface area contributed by atoms with Crippen molar-refractivity contribution in [1.29, 1.82) is 0 Å². The zero-order valence-corrected chi connectivity index (χ0v) is 16.2. The van der Waals surface area contributed by atoms with Crippen LogP contribution in [-0.4, -0.2) is 29.6 Å². The van der Waals surface area contributed by atoms with Gasteiger partial charge in [0.15, 0.2) is 11.5 Å². The molecule has 0 fully saturated rings.